The van der Waals surface area contributed by atoms with Crippen LogP contribution in [0.2, 0.25) is 0 Å². The Morgan fingerprint density at radius 3 is 1.94 bits per heavy atom. The number of methoxy groups -OCH3 is 2. The number of alkyl carbamates (subject to hydrolysis) is 2. The van der Waals surface area contributed by atoms with Gasteiger partial charge in [0.05, 0.1) is 32.1 Å². The van der Waals surface area contributed by atoms with Crippen molar-refractivity contribution < 1.29 is 33.8 Å². The van der Waals surface area contributed by atoms with Crippen LogP contribution in [-0.4, -0.2) is 84.1 Å². The molecule has 1 aromatic carbocycles. The van der Waals surface area contributed by atoms with Crippen molar-refractivity contribution in [3.05, 3.63) is 90.7 Å². The quantitative estimate of drug-likeness (QED) is 0.118. The first kappa shape index (κ1) is 43.2. The summed E-state index contributed by atoms with van der Waals surface area (Å²) in [6, 6.07) is 10.4. The first-order valence-corrected chi connectivity index (χ1v) is 17.1. The highest BCUT2D eigenvalue weighted by atomic mass is 16.5. The number of pyridine rings is 1. The molecule has 0 aliphatic heterocycles. The maximum Gasteiger partial charge on any atom is 0.407 e. The summed E-state index contributed by atoms with van der Waals surface area (Å²) < 4.78 is 9.54. The Hall–Kier alpha value is -5.01. The lowest BCUT2D eigenvalue weighted by Gasteiger charge is -2.35. The highest BCUT2D eigenvalue weighted by molar-refractivity contribution is 5.87. The summed E-state index contributed by atoms with van der Waals surface area (Å²) in [4.78, 5) is 56.4. The third-order valence-electron chi connectivity index (χ3n) is 8.18. The predicted molar refractivity (Wildman–Crippen MR) is 201 cm³/mol. The number of aliphatic hydroxyl groups excluding tert-OH is 1. The lowest BCUT2D eigenvalue weighted by atomic mass is 9.85. The molecular weight excluding hydrogens is 664 g/mol. The fourth-order valence-corrected chi connectivity index (χ4v) is 5.24. The van der Waals surface area contributed by atoms with Crippen LogP contribution in [0.15, 0.2) is 85.1 Å². The largest absolute Gasteiger partial charge is 0.453 e. The van der Waals surface area contributed by atoms with Crippen molar-refractivity contribution in [1.29, 1.82) is 0 Å². The van der Waals surface area contributed by atoms with Crippen LogP contribution in [0.25, 0.3) is 11.3 Å². The van der Waals surface area contributed by atoms with Gasteiger partial charge in [-0.25, -0.2) is 14.6 Å². The Morgan fingerprint density at radius 1 is 0.885 bits per heavy atom. The number of amides is 4. The van der Waals surface area contributed by atoms with Crippen LogP contribution in [0.1, 0.15) is 60.5 Å². The van der Waals surface area contributed by atoms with Gasteiger partial charge < -0.3 is 30.5 Å². The zero-order valence-corrected chi connectivity index (χ0v) is 31.9. The number of nitrogens with one attached hydrogen (secondary N) is 4. The summed E-state index contributed by atoms with van der Waals surface area (Å²) in [6.07, 6.45) is 6.18. The zero-order chi connectivity index (χ0) is 39.1. The fraction of sp³-hybridized carbons (Fsp3) is 0.462. The van der Waals surface area contributed by atoms with E-state index in [-0.39, 0.29) is 19.5 Å². The molecule has 1 aromatic heterocycles. The minimum Gasteiger partial charge on any atom is -0.453 e. The van der Waals surface area contributed by atoms with E-state index in [0.717, 1.165) is 22.4 Å². The molecule has 1 heterocycles. The molecule has 0 saturated heterocycles. The Labute approximate surface area is 307 Å². The van der Waals surface area contributed by atoms with Crippen LogP contribution in [0.4, 0.5) is 9.59 Å². The van der Waals surface area contributed by atoms with E-state index in [1.54, 1.807) is 64.9 Å². The van der Waals surface area contributed by atoms with E-state index in [0.29, 0.717) is 0 Å². The fourth-order valence-electron chi connectivity index (χ4n) is 5.24. The molecule has 2 rings (SSSR count). The monoisotopic (exact) mass is 720 g/mol. The standard InChI is InChI=1S/C39H56N6O7/c1-11-13-16-26(12-2)23-30(41-34(47)32(38(3,4)5)42-36(49)51-9)31(46)25-45(44-35(48)33(39(6,7)8)43-37(50)52-10)24-27-18-20-28(21-19-27)29-17-14-15-22-40-29/h11-22,30-33,46H,1,23-25H2,2-10H3,(H,41,47)(H,42,49)(H,43,50)(H,44,48)/b16-13-,26-12+/t30-,31?,32?,33?/m0/s1. The van der Waals surface area contributed by atoms with Gasteiger partial charge in [0.15, 0.2) is 0 Å². The molecule has 13 nitrogen and oxygen atoms in total. The molecule has 0 bridgehead atoms. The first-order valence-electron chi connectivity index (χ1n) is 17.1. The molecule has 0 spiro atoms. The maximum atomic E-state index is 13.8. The average Bonchev–Trinajstić information content (AvgIpc) is 3.09. The third kappa shape index (κ3) is 14.0. The molecule has 0 aliphatic rings. The second-order valence-corrected chi connectivity index (χ2v) is 14.5. The third-order valence-corrected chi connectivity index (χ3v) is 8.18. The molecule has 3 unspecified atom stereocenters. The predicted octanol–water partition coefficient (Wildman–Crippen LogP) is 5.05. The van der Waals surface area contributed by atoms with E-state index in [2.05, 4.69) is 32.9 Å². The van der Waals surface area contributed by atoms with Gasteiger partial charge in [0, 0.05) is 24.8 Å². The number of carbonyl (C=O) groups excluding carboxylic acids is 4. The van der Waals surface area contributed by atoms with Crippen LogP contribution in [0, 0.1) is 10.8 Å². The van der Waals surface area contributed by atoms with Gasteiger partial charge in [-0.1, -0.05) is 108 Å². The summed E-state index contributed by atoms with van der Waals surface area (Å²) >= 11 is 0. The SMILES string of the molecule is C=C/C=C\C(=C/C)C[C@H](NC(=O)C(NC(=O)OC)C(C)(C)C)C(O)CN(Cc1ccc(-c2ccccn2)cc1)NC(=O)C(NC(=O)OC)C(C)(C)C. The highest BCUT2D eigenvalue weighted by Crippen LogP contribution is 2.23. The van der Waals surface area contributed by atoms with E-state index in [4.69, 9.17) is 9.47 Å². The van der Waals surface area contributed by atoms with Gasteiger partial charge in [0.25, 0.3) is 5.91 Å². The molecule has 52 heavy (non-hydrogen) atoms. The van der Waals surface area contributed by atoms with Crippen LogP contribution in [0.5, 0.6) is 0 Å². The van der Waals surface area contributed by atoms with Gasteiger partial charge in [-0.2, -0.15) is 0 Å². The molecule has 0 saturated carbocycles. The Balaban J connectivity index is 2.53. The highest BCUT2D eigenvalue weighted by Gasteiger charge is 2.37. The van der Waals surface area contributed by atoms with E-state index in [9.17, 15) is 24.3 Å². The van der Waals surface area contributed by atoms with Crippen LogP contribution >= 0.6 is 0 Å². The number of carbonyl (C=O) groups is 4. The molecule has 4 amide bonds. The molecule has 5 N–H and O–H groups in total. The van der Waals surface area contributed by atoms with E-state index >= 15 is 0 Å². The number of benzene rings is 1. The van der Waals surface area contributed by atoms with E-state index < -0.39 is 59.1 Å². The number of allylic oxidation sites excluding steroid dienone is 4. The number of nitrogens with zero attached hydrogens (tertiary/aromatic N) is 2. The number of hydrogen-bond acceptors (Lipinski definition) is 9. The van der Waals surface area contributed by atoms with Gasteiger partial charge in [0.1, 0.15) is 12.1 Å². The van der Waals surface area contributed by atoms with Crippen molar-refractivity contribution >= 4 is 24.0 Å². The first-order chi connectivity index (χ1) is 24.4. The van der Waals surface area contributed by atoms with Gasteiger partial charge in [0.2, 0.25) is 5.91 Å². The number of hydrazine groups is 1. The second-order valence-electron chi connectivity index (χ2n) is 14.5. The number of hydrogen-bond donors (Lipinski definition) is 5. The van der Waals surface area contributed by atoms with Crippen molar-refractivity contribution in [3.63, 3.8) is 0 Å². The van der Waals surface area contributed by atoms with Crippen molar-refractivity contribution in [2.45, 2.75) is 85.7 Å². The van der Waals surface area contributed by atoms with Crippen LogP contribution < -0.4 is 21.4 Å². The van der Waals surface area contributed by atoms with Gasteiger partial charge >= 0.3 is 12.2 Å². The maximum absolute atomic E-state index is 13.8. The molecule has 0 radical (unpaired) electrons. The molecule has 2 aromatic rings. The second kappa shape index (κ2) is 20.1. The summed E-state index contributed by atoms with van der Waals surface area (Å²) in [5.41, 5.74) is 4.78. The lowest BCUT2D eigenvalue weighted by Crippen LogP contribution is -2.60. The molecule has 13 heteroatoms. The van der Waals surface area contributed by atoms with Crippen LogP contribution in [0.3, 0.4) is 0 Å². The van der Waals surface area contributed by atoms with Crippen molar-refractivity contribution in [2.24, 2.45) is 10.8 Å². The number of rotatable bonds is 16. The van der Waals surface area contributed by atoms with Gasteiger partial charge in [-0.3, -0.25) is 20.0 Å². The summed E-state index contributed by atoms with van der Waals surface area (Å²) in [6.45, 7) is 16.4. The van der Waals surface area contributed by atoms with Gasteiger partial charge in [-0.05, 0) is 41.9 Å². The molecule has 284 valence electrons. The Bertz CT molecular complexity index is 1550. The Morgan fingerprint density at radius 2 is 1.46 bits per heavy atom. The zero-order valence-electron chi connectivity index (χ0n) is 31.9. The van der Waals surface area contributed by atoms with Crippen molar-refractivity contribution in [2.75, 3.05) is 20.8 Å². The number of aliphatic hydroxyl groups is 1. The summed E-state index contributed by atoms with van der Waals surface area (Å²) in [5.74, 6) is -1.06. The average molecular weight is 721 g/mol. The minimum atomic E-state index is -1.25. The minimum absolute atomic E-state index is 0.138. The number of aromatic nitrogens is 1. The van der Waals surface area contributed by atoms with Gasteiger partial charge in [-0.15, -0.1) is 0 Å². The smallest absolute Gasteiger partial charge is 0.407 e. The normalized spacial score (nSPS) is 14.5. The summed E-state index contributed by atoms with van der Waals surface area (Å²) in [5, 5.41) is 21.6. The van der Waals surface area contributed by atoms with E-state index in [1.807, 2.05) is 61.5 Å². The molecule has 0 aliphatic carbocycles. The molecular formula is C39H56N6O7. The lowest BCUT2D eigenvalue weighted by molar-refractivity contribution is -0.132. The topological polar surface area (TPSA) is 171 Å². The van der Waals surface area contributed by atoms with Crippen molar-refractivity contribution in [1.82, 2.24) is 31.4 Å². The van der Waals surface area contributed by atoms with Crippen LogP contribution in [-0.2, 0) is 25.6 Å². The number of ether oxygens (including phenoxy) is 2. The Kier molecular flexibility index (Phi) is 16.7. The van der Waals surface area contributed by atoms with Crippen molar-refractivity contribution in [3.8, 4) is 11.3 Å². The summed E-state index contributed by atoms with van der Waals surface area (Å²) in [7, 11) is 2.43. The molecule has 4 atom stereocenters. The van der Waals surface area contributed by atoms with E-state index in [1.165, 1.54) is 14.2 Å². The molecule has 0 fully saturated rings.